The molecule has 0 aliphatic heterocycles. The number of carbonyl (C=O) groups is 1. The summed E-state index contributed by atoms with van der Waals surface area (Å²) in [7, 11) is 0. The molecule has 0 amide bonds. The van der Waals surface area contributed by atoms with Crippen LogP contribution >= 0.6 is 0 Å². The van der Waals surface area contributed by atoms with Crippen molar-refractivity contribution in [1.82, 2.24) is 0 Å². The first-order valence-electron chi connectivity index (χ1n) is 6.01. The fraction of sp³-hybridized carbons (Fsp3) is 0.500. The Labute approximate surface area is 107 Å². The fourth-order valence-electron chi connectivity index (χ4n) is 1.38. The predicted molar refractivity (Wildman–Crippen MR) is 68.7 cm³/mol. The highest BCUT2D eigenvalue weighted by molar-refractivity contribution is 5.87. The Morgan fingerprint density at radius 2 is 2.11 bits per heavy atom. The summed E-state index contributed by atoms with van der Waals surface area (Å²) in [6.45, 7) is 6.07. The van der Waals surface area contributed by atoms with Gasteiger partial charge in [-0.1, -0.05) is 19.1 Å². The second kappa shape index (κ2) is 5.98. The van der Waals surface area contributed by atoms with Gasteiger partial charge in [-0.2, -0.15) is 0 Å². The zero-order valence-corrected chi connectivity index (χ0v) is 11.0. The van der Waals surface area contributed by atoms with Crippen LogP contribution in [0.4, 0.5) is 0 Å². The molecule has 1 aromatic rings. The van der Waals surface area contributed by atoms with E-state index in [1.165, 1.54) is 12.1 Å². The van der Waals surface area contributed by atoms with Crippen LogP contribution in [0.3, 0.4) is 0 Å². The van der Waals surface area contributed by atoms with Gasteiger partial charge >= 0.3 is 5.97 Å². The Balaban J connectivity index is 2.69. The second-order valence-corrected chi connectivity index (χ2v) is 4.87. The van der Waals surface area contributed by atoms with Crippen LogP contribution in [-0.4, -0.2) is 28.4 Å². The molecule has 0 fully saturated rings. The van der Waals surface area contributed by atoms with Crippen molar-refractivity contribution < 1.29 is 19.7 Å². The fourth-order valence-corrected chi connectivity index (χ4v) is 1.38. The van der Waals surface area contributed by atoms with Crippen LogP contribution in [0.1, 0.15) is 49.2 Å². The molecule has 0 radical (unpaired) electrons. The van der Waals surface area contributed by atoms with Crippen LogP contribution in [0, 0.1) is 0 Å². The number of hydrogen-bond donors (Lipinski definition) is 2. The van der Waals surface area contributed by atoms with Gasteiger partial charge in [-0.3, -0.25) is 0 Å². The molecular weight excluding hydrogens is 232 g/mol. The lowest BCUT2D eigenvalue weighted by Crippen LogP contribution is -2.26. The van der Waals surface area contributed by atoms with Crippen LogP contribution in [0.25, 0.3) is 0 Å². The topological polar surface area (TPSA) is 66.8 Å². The summed E-state index contributed by atoms with van der Waals surface area (Å²) >= 11 is 0. The van der Waals surface area contributed by atoms with E-state index in [-0.39, 0.29) is 17.8 Å². The molecule has 0 saturated carbocycles. The summed E-state index contributed by atoms with van der Waals surface area (Å²) < 4.78 is 5.60. The molecule has 100 valence electrons. The number of hydrogen-bond acceptors (Lipinski definition) is 3. The maximum Gasteiger partial charge on any atom is 0.335 e. The van der Waals surface area contributed by atoms with Crippen molar-refractivity contribution in [3.8, 4) is 0 Å². The zero-order valence-electron chi connectivity index (χ0n) is 11.0. The lowest BCUT2D eigenvalue weighted by Gasteiger charge is -2.25. The van der Waals surface area contributed by atoms with E-state index in [1.807, 2.05) is 20.8 Å². The summed E-state index contributed by atoms with van der Waals surface area (Å²) in [4.78, 5) is 10.8. The van der Waals surface area contributed by atoms with Crippen molar-refractivity contribution >= 4 is 5.97 Å². The molecule has 0 aliphatic rings. The molecule has 1 atom stereocenters. The average Bonchev–Trinajstić information content (AvgIpc) is 2.36. The summed E-state index contributed by atoms with van der Waals surface area (Å²) in [6.07, 6.45) is 0.0321. The number of aliphatic hydroxyl groups is 1. The second-order valence-electron chi connectivity index (χ2n) is 4.87. The van der Waals surface area contributed by atoms with E-state index < -0.39 is 12.1 Å². The SMILES string of the molecule is CCC(C)(C)OCC(O)c1cccc(C(=O)O)c1. The van der Waals surface area contributed by atoms with Crippen molar-refractivity contribution in [2.24, 2.45) is 0 Å². The van der Waals surface area contributed by atoms with Crippen molar-refractivity contribution in [3.05, 3.63) is 35.4 Å². The number of ether oxygens (including phenoxy) is 1. The molecule has 1 aromatic carbocycles. The number of carboxylic acid groups (broad SMARTS) is 1. The van der Waals surface area contributed by atoms with Crippen LogP contribution in [-0.2, 0) is 4.74 Å². The maximum atomic E-state index is 10.8. The van der Waals surface area contributed by atoms with E-state index in [1.54, 1.807) is 12.1 Å². The first-order valence-corrected chi connectivity index (χ1v) is 6.01. The van der Waals surface area contributed by atoms with Crippen LogP contribution in [0.15, 0.2) is 24.3 Å². The Hall–Kier alpha value is -1.39. The minimum Gasteiger partial charge on any atom is -0.478 e. The van der Waals surface area contributed by atoms with Gasteiger partial charge in [0.1, 0.15) is 6.10 Å². The summed E-state index contributed by atoms with van der Waals surface area (Å²) in [5.41, 5.74) is 0.439. The molecule has 0 aliphatic carbocycles. The highest BCUT2D eigenvalue weighted by Gasteiger charge is 2.18. The van der Waals surface area contributed by atoms with E-state index in [0.29, 0.717) is 5.56 Å². The number of benzene rings is 1. The normalized spacial score (nSPS) is 13.3. The molecular formula is C14H20O4. The molecule has 0 spiro atoms. The van der Waals surface area contributed by atoms with Gasteiger partial charge in [0.2, 0.25) is 0 Å². The number of aliphatic hydroxyl groups excluding tert-OH is 1. The van der Waals surface area contributed by atoms with Gasteiger partial charge in [-0.05, 0) is 38.0 Å². The number of rotatable bonds is 6. The monoisotopic (exact) mass is 252 g/mol. The van der Waals surface area contributed by atoms with E-state index >= 15 is 0 Å². The molecule has 4 nitrogen and oxygen atoms in total. The van der Waals surface area contributed by atoms with Gasteiger partial charge in [0, 0.05) is 0 Å². The smallest absolute Gasteiger partial charge is 0.335 e. The Kier molecular flexibility index (Phi) is 4.87. The molecule has 1 unspecified atom stereocenters. The zero-order chi connectivity index (χ0) is 13.8. The average molecular weight is 252 g/mol. The molecule has 1 rings (SSSR count). The third kappa shape index (κ3) is 4.13. The molecule has 2 N–H and O–H groups in total. The van der Waals surface area contributed by atoms with Crippen LogP contribution in [0.2, 0.25) is 0 Å². The summed E-state index contributed by atoms with van der Waals surface area (Å²) in [5, 5.41) is 18.8. The molecule has 0 saturated heterocycles. The third-order valence-corrected chi connectivity index (χ3v) is 3.00. The lowest BCUT2D eigenvalue weighted by molar-refractivity contribution is -0.0618. The van der Waals surface area contributed by atoms with E-state index in [0.717, 1.165) is 6.42 Å². The minimum absolute atomic E-state index is 0.157. The first kappa shape index (κ1) is 14.7. The van der Waals surface area contributed by atoms with Gasteiger partial charge in [-0.25, -0.2) is 4.79 Å². The number of carboxylic acids is 1. The molecule has 4 heteroatoms. The third-order valence-electron chi connectivity index (χ3n) is 3.00. The first-order chi connectivity index (χ1) is 8.35. The Bertz CT molecular complexity index is 412. The minimum atomic E-state index is -1.00. The highest BCUT2D eigenvalue weighted by Crippen LogP contribution is 2.20. The highest BCUT2D eigenvalue weighted by atomic mass is 16.5. The summed E-state index contributed by atoms with van der Waals surface area (Å²) in [6, 6.07) is 6.27. The summed E-state index contributed by atoms with van der Waals surface area (Å²) in [5.74, 6) is -1.00. The lowest BCUT2D eigenvalue weighted by atomic mass is 10.0. The van der Waals surface area contributed by atoms with Gasteiger partial charge in [0.05, 0.1) is 17.8 Å². The maximum absolute atomic E-state index is 10.8. The predicted octanol–water partition coefficient (Wildman–Crippen LogP) is 2.62. The van der Waals surface area contributed by atoms with Crippen molar-refractivity contribution in [2.75, 3.05) is 6.61 Å². The van der Waals surface area contributed by atoms with Gasteiger partial charge in [0.15, 0.2) is 0 Å². The Morgan fingerprint density at radius 1 is 1.44 bits per heavy atom. The molecule has 0 heterocycles. The largest absolute Gasteiger partial charge is 0.478 e. The quantitative estimate of drug-likeness (QED) is 0.816. The van der Waals surface area contributed by atoms with E-state index in [4.69, 9.17) is 9.84 Å². The standard InChI is InChI=1S/C14H20O4/c1-4-14(2,3)18-9-12(15)10-6-5-7-11(8-10)13(16)17/h5-8,12,15H,4,9H2,1-3H3,(H,16,17). The van der Waals surface area contributed by atoms with Crippen LogP contribution < -0.4 is 0 Å². The molecule has 0 aromatic heterocycles. The van der Waals surface area contributed by atoms with E-state index in [2.05, 4.69) is 0 Å². The van der Waals surface area contributed by atoms with Gasteiger partial charge in [0.25, 0.3) is 0 Å². The van der Waals surface area contributed by atoms with Crippen molar-refractivity contribution in [1.29, 1.82) is 0 Å². The van der Waals surface area contributed by atoms with Crippen molar-refractivity contribution in [3.63, 3.8) is 0 Å². The number of aromatic carboxylic acids is 1. The molecule has 0 bridgehead atoms. The van der Waals surface area contributed by atoms with Crippen LogP contribution in [0.5, 0.6) is 0 Å². The van der Waals surface area contributed by atoms with Crippen molar-refractivity contribution in [2.45, 2.75) is 38.9 Å². The molecule has 18 heavy (non-hydrogen) atoms. The van der Waals surface area contributed by atoms with Gasteiger partial charge in [-0.15, -0.1) is 0 Å². The van der Waals surface area contributed by atoms with E-state index in [9.17, 15) is 9.90 Å². The van der Waals surface area contributed by atoms with Gasteiger partial charge < -0.3 is 14.9 Å². The Morgan fingerprint density at radius 3 is 2.67 bits per heavy atom.